The maximum absolute atomic E-state index is 12.4. The van der Waals surface area contributed by atoms with Crippen LogP contribution in [0.4, 0.5) is 5.69 Å². The molecule has 0 spiro atoms. The van der Waals surface area contributed by atoms with E-state index in [4.69, 9.17) is 4.74 Å². The van der Waals surface area contributed by atoms with Crippen molar-refractivity contribution in [3.63, 3.8) is 0 Å². The number of amides is 2. The molecular weight excluding hydrogens is 292 g/mol. The zero-order valence-electron chi connectivity index (χ0n) is 11.1. The summed E-state index contributed by atoms with van der Waals surface area (Å²) in [5.41, 5.74) is 0.519. The number of hydrogen-bond donors (Lipinski definition) is 1. The summed E-state index contributed by atoms with van der Waals surface area (Å²) in [7, 11) is 1.54. The molecule has 1 aliphatic heterocycles. The van der Waals surface area contributed by atoms with E-state index < -0.39 is 5.25 Å². The number of ether oxygens (including phenoxy) is 1. The first-order chi connectivity index (χ1) is 10.2. The Kier molecular flexibility index (Phi) is 3.61. The predicted octanol–water partition coefficient (Wildman–Crippen LogP) is 1.24. The summed E-state index contributed by atoms with van der Waals surface area (Å²) in [5.74, 6) is 0.111. The van der Waals surface area contributed by atoms with Gasteiger partial charge in [-0.1, -0.05) is 17.8 Å². The molecule has 1 aromatic heterocycles. The normalized spacial score (nSPS) is 18.3. The van der Waals surface area contributed by atoms with Crippen LogP contribution >= 0.6 is 11.8 Å². The molecule has 0 saturated carbocycles. The highest BCUT2D eigenvalue weighted by molar-refractivity contribution is 8.00. The standard InChI is InChI=1S/C13H12N4O3S/c1-20-9-4-2-3-8(5-9)17-11(18)6-10(12(17)19)21-13-14-7-15-16-13/h2-5,7,10H,6H2,1H3,(H,14,15,16)/t10-/m0/s1. The van der Waals surface area contributed by atoms with E-state index in [0.717, 1.165) is 0 Å². The van der Waals surface area contributed by atoms with E-state index in [9.17, 15) is 9.59 Å². The van der Waals surface area contributed by atoms with E-state index in [0.29, 0.717) is 16.6 Å². The fraction of sp³-hybridized carbons (Fsp3) is 0.231. The largest absolute Gasteiger partial charge is 0.497 e. The van der Waals surface area contributed by atoms with Gasteiger partial charge in [-0.05, 0) is 12.1 Å². The highest BCUT2D eigenvalue weighted by Gasteiger charge is 2.40. The Bertz CT molecular complexity index is 674. The van der Waals surface area contributed by atoms with Crippen LogP contribution in [0, 0.1) is 0 Å². The number of carbonyl (C=O) groups excluding carboxylic acids is 2. The molecule has 0 unspecified atom stereocenters. The van der Waals surface area contributed by atoms with Gasteiger partial charge in [0.05, 0.1) is 12.8 Å². The molecule has 1 saturated heterocycles. The van der Waals surface area contributed by atoms with Crippen LogP contribution in [-0.2, 0) is 9.59 Å². The molecule has 0 bridgehead atoms. The second kappa shape index (κ2) is 5.57. The Morgan fingerprint density at radius 2 is 2.29 bits per heavy atom. The molecule has 2 aromatic rings. The van der Waals surface area contributed by atoms with Gasteiger partial charge in [0, 0.05) is 12.5 Å². The van der Waals surface area contributed by atoms with Gasteiger partial charge < -0.3 is 4.74 Å². The lowest BCUT2D eigenvalue weighted by atomic mass is 10.3. The average molecular weight is 304 g/mol. The highest BCUT2D eigenvalue weighted by atomic mass is 32.2. The Morgan fingerprint density at radius 1 is 1.43 bits per heavy atom. The van der Waals surface area contributed by atoms with Crippen LogP contribution in [0.15, 0.2) is 35.7 Å². The minimum Gasteiger partial charge on any atom is -0.497 e. The molecule has 2 amide bonds. The van der Waals surface area contributed by atoms with Crippen LogP contribution in [0.2, 0.25) is 0 Å². The molecule has 1 aromatic carbocycles. The number of thioether (sulfide) groups is 1. The number of hydrogen-bond acceptors (Lipinski definition) is 6. The zero-order chi connectivity index (χ0) is 14.8. The number of imide groups is 1. The first kappa shape index (κ1) is 13.6. The van der Waals surface area contributed by atoms with Crippen molar-refractivity contribution in [2.75, 3.05) is 12.0 Å². The van der Waals surface area contributed by atoms with E-state index in [1.165, 1.54) is 30.1 Å². The fourth-order valence-corrected chi connectivity index (χ4v) is 3.02. The molecule has 3 rings (SSSR count). The van der Waals surface area contributed by atoms with Gasteiger partial charge in [0.2, 0.25) is 11.8 Å². The molecule has 8 heteroatoms. The highest BCUT2D eigenvalue weighted by Crippen LogP contribution is 2.33. The van der Waals surface area contributed by atoms with E-state index in [2.05, 4.69) is 15.2 Å². The van der Waals surface area contributed by atoms with E-state index >= 15 is 0 Å². The lowest BCUT2D eigenvalue weighted by molar-refractivity contribution is -0.121. The summed E-state index contributed by atoms with van der Waals surface area (Å²) >= 11 is 1.21. The predicted molar refractivity (Wildman–Crippen MR) is 76.1 cm³/mol. The van der Waals surface area contributed by atoms with Crippen molar-refractivity contribution in [1.82, 2.24) is 15.2 Å². The Balaban J connectivity index is 1.83. The van der Waals surface area contributed by atoms with Gasteiger partial charge >= 0.3 is 0 Å². The quantitative estimate of drug-likeness (QED) is 0.855. The van der Waals surface area contributed by atoms with Crippen LogP contribution in [0.25, 0.3) is 0 Å². The number of methoxy groups -OCH3 is 1. The number of carbonyl (C=O) groups is 2. The number of rotatable bonds is 4. The maximum atomic E-state index is 12.4. The van der Waals surface area contributed by atoms with E-state index in [1.807, 2.05) is 0 Å². The first-order valence-corrected chi connectivity index (χ1v) is 7.10. The second-order valence-electron chi connectivity index (χ2n) is 4.37. The molecule has 1 fully saturated rings. The molecule has 1 aliphatic rings. The van der Waals surface area contributed by atoms with Gasteiger partial charge in [-0.15, -0.1) is 0 Å². The molecule has 0 radical (unpaired) electrons. The minimum atomic E-state index is -0.489. The van der Waals surface area contributed by atoms with Crippen molar-refractivity contribution in [1.29, 1.82) is 0 Å². The summed E-state index contributed by atoms with van der Waals surface area (Å²) in [4.78, 5) is 29.7. The SMILES string of the molecule is COc1cccc(N2C(=O)C[C@H](Sc3ncn[nH]3)C2=O)c1. The van der Waals surface area contributed by atoms with E-state index in [-0.39, 0.29) is 18.2 Å². The number of nitrogens with one attached hydrogen (secondary N) is 1. The molecule has 2 heterocycles. The lowest BCUT2D eigenvalue weighted by Crippen LogP contribution is -2.31. The van der Waals surface area contributed by atoms with Gasteiger partial charge in [0.15, 0.2) is 5.16 Å². The summed E-state index contributed by atoms with van der Waals surface area (Å²) in [6.07, 6.45) is 1.50. The number of H-pyrrole nitrogens is 1. The number of anilines is 1. The van der Waals surface area contributed by atoms with Crippen LogP contribution in [0.5, 0.6) is 5.75 Å². The smallest absolute Gasteiger partial charge is 0.247 e. The van der Waals surface area contributed by atoms with Crippen LogP contribution < -0.4 is 9.64 Å². The van der Waals surface area contributed by atoms with Crippen molar-refractivity contribution in [2.45, 2.75) is 16.8 Å². The summed E-state index contributed by atoms with van der Waals surface area (Å²) in [5, 5.41) is 6.43. The molecule has 7 nitrogen and oxygen atoms in total. The van der Waals surface area contributed by atoms with Crippen molar-refractivity contribution in [2.24, 2.45) is 0 Å². The van der Waals surface area contributed by atoms with Crippen LogP contribution in [0.3, 0.4) is 0 Å². The summed E-state index contributed by atoms with van der Waals surface area (Å²) in [6.45, 7) is 0. The maximum Gasteiger partial charge on any atom is 0.247 e. The van der Waals surface area contributed by atoms with Crippen molar-refractivity contribution >= 4 is 29.3 Å². The van der Waals surface area contributed by atoms with Crippen LogP contribution in [0.1, 0.15) is 6.42 Å². The van der Waals surface area contributed by atoms with E-state index in [1.54, 1.807) is 24.3 Å². The third kappa shape index (κ3) is 2.62. The first-order valence-electron chi connectivity index (χ1n) is 6.22. The third-order valence-corrected chi connectivity index (χ3v) is 4.14. The van der Waals surface area contributed by atoms with Gasteiger partial charge in [-0.25, -0.2) is 9.88 Å². The van der Waals surface area contributed by atoms with Gasteiger partial charge in [-0.3, -0.25) is 14.7 Å². The van der Waals surface area contributed by atoms with Gasteiger partial charge in [0.25, 0.3) is 0 Å². The molecule has 1 N–H and O–H groups in total. The topological polar surface area (TPSA) is 88.2 Å². The minimum absolute atomic E-state index is 0.140. The Morgan fingerprint density at radius 3 is 3.00 bits per heavy atom. The monoisotopic (exact) mass is 304 g/mol. The fourth-order valence-electron chi connectivity index (χ4n) is 2.10. The number of aromatic amines is 1. The molecular formula is C13H12N4O3S. The Labute approximate surface area is 124 Å². The van der Waals surface area contributed by atoms with Crippen molar-refractivity contribution in [3.05, 3.63) is 30.6 Å². The third-order valence-electron chi connectivity index (χ3n) is 3.06. The number of nitrogens with zero attached hydrogens (tertiary/aromatic N) is 3. The summed E-state index contributed by atoms with van der Waals surface area (Å²) < 4.78 is 5.12. The van der Waals surface area contributed by atoms with Crippen molar-refractivity contribution in [3.8, 4) is 5.75 Å². The van der Waals surface area contributed by atoms with Gasteiger partial charge in [-0.2, -0.15) is 5.10 Å². The molecule has 21 heavy (non-hydrogen) atoms. The molecule has 1 atom stereocenters. The average Bonchev–Trinajstić information content (AvgIpc) is 3.08. The molecule has 108 valence electrons. The molecule has 0 aliphatic carbocycles. The number of aromatic nitrogens is 3. The summed E-state index contributed by atoms with van der Waals surface area (Å²) in [6, 6.07) is 6.87. The Hall–Kier alpha value is -2.35. The van der Waals surface area contributed by atoms with Crippen molar-refractivity contribution < 1.29 is 14.3 Å². The number of benzene rings is 1. The lowest BCUT2D eigenvalue weighted by Gasteiger charge is -2.15. The zero-order valence-corrected chi connectivity index (χ0v) is 12.0. The second-order valence-corrected chi connectivity index (χ2v) is 5.56. The van der Waals surface area contributed by atoms with Crippen LogP contribution in [-0.4, -0.2) is 39.4 Å². The van der Waals surface area contributed by atoms with Gasteiger partial charge in [0.1, 0.15) is 17.3 Å².